The molecule has 1 nitrogen and oxygen atoms in total. The number of rotatable bonds is 2. The number of hydrogen-bond donors (Lipinski definition) is 1. The van der Waals surface area contributed by atoms with Gasteiger partial charge in [0, 0.05) is 17.9 Å². The van der Waals surface area contributed by atoms with Crippen LogP contribution in [0.25, 0.3) is 0 Å². The van der Waals surface area contributed by atoms with Gasteiger partial charge in [0.25, 0.3) is 0 Å². The summed E-state index contributed by atoms with van der Waals surface area (Å²) in [4.78, 5) is 0. The largest absolute Gasteiger partial charge is 0.381 e. The number of benzene rings is 1. The highest BCUT2D eigenvalue weighted by Gasteiger charge is 2.37. The second-order valence-electron chi connectivity index (χ2n) is 4.49. The van der Waals surface area contributed by atoms with E-state index >= 15 is 0 Å². The molecule has 0 saturated carbocycles. The number of ether oxygens (including phenoxy) is 1. The van der Waals surface area contributed by atoms with Crippen molar-refractivity contribution in [2.75, 3.05) is 19.0 Å². The van der Waals surface area contributed by atoms with Gasteiger partial charge >= 0.3 is 0 Å². The second kappa shape index (κ2) is 4.58. The van der Waals surface area contributed by atoms with Gasteiger partial charge in [-0.05, 0) is 17.7 Å². The second-order valence-corrected chi connectivity index (χ2v) is 4.85. The molecule has 15 heavy (non-hydrogen) atoms. The van der Waals surface area contributed by atoms with Crippen molar-refractivity contribution in [2.24, 2.45) is 5.92 Å². The van der Waals surface area contributed by atoms with Gasteiger partial charge in [-0.15, -0.1) is 0 Å². The van der Waals surface area contributed by atoms with Gasteiger partial charge in [0.2, 0.25) is 0 Å². The van der Waals surface area contributed by atoms with Crippen LogP contribution < -0.4 is 0 Å². The summed E-state index contributed by atoms with van der Waals surface area (Å²) in [5.74, 6) is 1.42. The Bertz CT molecular complexity index is 312. The van der Waals surface area contributed by atoms with E-state index in [-0.39, 0.29) is 5.41 Å². The molecule has 1 aromatic carbocycles. The molecule has 2 rings (SSSR count). The van der Waals surface area contributed by atoms with E-state index in [9.17, 15) is 0 Å². The van der Waals surface area contributed by atoms with Gasteiger partial charge in [0.1, 0.15) is 0 Å². The molecular formula is C13H18OS. The molecule has 0 amide bonds. The standard InChI is InChI=1S/C13H18OS/c1-13(11-5-3-2-4-6-11)7-8-14-9-12(13)10-15/h2-6,12,15H,7-10H2,1H3. The van der Waals surface area contributed by atoms with Crippen LogP contribution in [0.4, 0.5) is 0 Å². The first-order chi connectivity index (χ1) is 7.27. The Morgan fingerprint density at radius 1 is 1.40 bits per heavy atom. The summed E-state index contributed by atoms with van der Waals surface area (Å²) in [6.07, 6.45) is 1.10. The fraction of sp³-hybridized carbons (Fsp3) is 0.538. The quantitative estimate of drug-likeness (QED) is 0.757. The molecular weight excluding hydrogens is 204 g/mol. The van der Waals surface area contributed by atoms with E-state index in [4.69, 9.17) is 4.74 Å². The van der Waals surface area contributed by atoms with Gasteiger partial charge in [0.05, 0.1) is 6.61 Å². The molecule has 2 atom stereocenters. The van der Waals surface area contributed by atoms with Crippen molar-refractivity contribution in [3.8, 4) is 0 Å². The number of hydrogen-bond acceptors (Lipinski definition) is 2. The highest BCUT2D eigenvalue weighted by Crippen LogP contribution is 2.39. The van der Waals surface area contributed by atoms with Crippen molar-refractivity contribution >= 4 is 12.6 Å². The average Bonchev–Trinajstić information content (AvgIpc) is 2.31. The molecule has 0 aliphatic carbocycles. The van der Waals surface area contributed by atoms with Crippen LogP contribution in [-0.4, -0.2) is 19.0 Å². The lowest BCUT2D eigenvalue weighted by Gasteiger charge is -2.41. The lowest BCUT2D eigenvalue weighted by molar-refractivity contribution is 0.0146. The van der Waals surface area contributed by atoms with E-state index in [1.165, 1.54) is 5.56 Å². The van der Waals surface area contributed by atoms with Gasteiger partial charge in [-0.25, -0.2) is 0 Å². The van der Waals surface area contributed by atoms with E-state index in [1.807, 2.05) is 0 Å². The monoisotopic (exact) mass is 222 g/mol. The third-order valence-electron chi connectivity index (χ3n) is 3.64. The Hall–Kier alpha value is -0.470. The molecule has 0 N–H and O–H groups in total. The molecule has 1 aliphatic heterocycles. The summed E-state index contributed by atoms with van der Waals surface area (Å²) in [5.41, 5.74) is 1.66. The van der Waals surface area contributed by atoms with E-state index in [0.29, 0.717) is 5.92 Å². The van der Waals surface area contributed by atoms with Gasteiger partial charge in [-0.2, -0.15) is 12.6 Å². The predicted octanol–water partition coefficient (Wildman–Crippen LogP) is 2.91. The maximum atomic E-state index is 5.54. The third kappa shape index (κ3) is 2.06. The molecule has 82 valence electrons. The zero-order valence-electron chi connectivity index (χ0n) is 9.15. The third-order valence-corrected chi connectivity index (χ3v) is 4.08. The highest BCUT2D eigenvalue weighted by molar-refractivity contribution is 7.80. The van der Waals surface area contributed by atoms with Gasteiger partial charge in [-0.3, -0.25) is 0 Å². The minimum atomic E-state index is 0.237. The van der Waals surface area contributed by atoms with Crippen molar-refractivity contribution in [2.45, 2.75) is 18.8 Å². The van der Waals surface area contributed by atoms with Crippen LogP contribution >= 0.6 is 12.6 Å². The summed E-state index contributed by atoms with van der Waals surface area (Å²) < 4.78 is 5.54. The molecule has 0 aromatic heterocycles. The Morgan fingerprint density at radius 3 is 2.80 bits per heavy atom. The summed E-state index contributed by atoms with van der Waals surface area (Å²) in [6, 6.07) is 10.8. The lowest BCUT2D eigenvalue weighted by Crippen LogP contribution is -2.41. The first-order valence-electron chi connectivity index (χ1n) is 5.51. The maximum absolute atomic E-state index is 5.54. The minimum Gasteiger partial charge on any atom is -0.381 e. The zero-order chi connectivity index (χ0) is 10.7. The van der Waals surface area contributed by atoms with Gasteiger partial charge < -0.3 is 4.74 Å². The molecule has 1 aromatic rings. The van der Waals surface area contributed by atoms with Crippen LogP contribution in [0.1, 0.15) is 18.9 Å². The molecule has 2 heteroatoms. The lowest BCUT2D eigenvalue weighted by atomic mass is 9.69. The van der Waals surface area contributed by atoms with Crippen molar-refractivity contribution in [1.29, 1.82) is 0 Å². The number of thiol groups is 1. The molecule has 0 bridgehead atoms. The van der Waals surface area contributed by atoms with Crippen LogP contribution in [-0.2, 0) is 10.2 Å². The Labute approximate surface area is 97.2 Å². The van der Waals surface area contributed by atoms with Gasteiger partial charge in [0.15, 0.2) is 0 Å². The Morgan fingerprint density at radius 2 is 2.13 bits per heavy atom. The molecule has 1 aliphatic rings. The van der Waals surface area contributed by atoms with Crippen molar-refractivity contribution in [1.82, 2.24) is 0 Å². The first-order valence-corrected chi connectivity index (χ1v) is 6.15. The fourth-order valence-electron chi connectivity index (χ4n) is 2.35. The van der Waals surface area contributed by atoms with E-state index in [0.717, 1.165) is 25.4 Å². The van der Waals surface area contributed by atoms with Crippen LogP contribution in [0.2, 0.25) is 0 Å². The molecule has 0 spiro atoms. The molecule has 1 saturated heterocycles. The van der Waals surface area contributed by atoms with Crippen LogP contribution in [0.3, 0.4) is 0 Å². The van der Waals surface area contributed by atoms with Crippen LogP contribution in [0, 0.1) is 5.92 Å². The van der Waals surface area contributed by atoms with Crippen LogP contribution in [0.5, 0.6) is 0 Å². The topological polar surface area (TPSA) is 9.23 Å². The SMILES string of the molecule is CC1(c2ccccc2)CCOCC1CS. The van der Waals surface area contributed by atoms with Crippen LogP contribution in [0.15, 0.2) is 30.3 Å². The zero-order valence-corrected chi connectivity index (χ0v) is 10.0. The van der Waals surface area contributed by atoms with E-state index < -0.39 is 0 Å². The summed E-state index contributed by atoms with van der Waals surface area (Å²) in [5, 5.41) is 0. The fourth-order valence-corrected chi connectivity index (χ4v) is 2.86. The molecule has 1 fully saturated rings. The average molecular weight is 222 g/mol. The van der Waals surface area contributed by atoms with Crippen molar-refractivity contribution < 1.29 is 4.74 Å². The highest BCUT2D eigenvalue weighted by atomic mass is 32.1. The summed E-state index contributed by atoms with van der Waals surface area (Å²) in [7, 11) is 0. The predicted molar refractivity (Wildman–Crippen MR) is 66.6 cm³/mol. The Kier molecular flexibility index (Phi) is 3.37. The summed E-state index contributed by atoms with van der Waals surface area (Å²) in [6.45, 7) is 4.05. The first kappa shape index (κ1) is 11.0. The minimum absolute atomic E-state index is 0.237. The van der Waals surface area contributed by atoms with Crippen molar-refractivity contribution in [3.05, 3.63) is 35.9 Å². The van der Waals surface area contributed by atoms with E-state index in [2.05, 4.69) is 49.9 Å². The van der Waals surface area contributed by atoms with E-state index in [1.54, 1.807) is 0 Å². The van der Waals surface area contributed by atoms with Gasteiger partial charge in [-0.1, -0.05) is 37.3 Å². The normalized spacial score (nSPS) is 31.5. The molecule has 1 heterocycles. The smallest absolute Gasteiger partial charge is 0.0510 e. The summed E-state index contributed by atoms with van der Waals surface area (Å²) >= 11 is 4.45. The molecule has 2 unspecified atom stereocenters. The maximum Gasteiger partial charge on any atom is 0.0510 e. The van der Waals surface area contributed by atoms with Crippen molar-refractivity contribution in [3.63, 3.8) is 0 Å². The molecule has 0 radical (unpaired) electrons. The Balaban J connectivity index is 2.30.